The van der Waals surface area contributed by atoms with Gasteiger partial charge in [-0.2, -0.15) is 0 Å². The maximum absolute atomic E-state index is 13.3. The number of benzene rings is 2. The lowest BCUT2D eigenvalue weighted by Crippen LogP contribution is -2.48. The van der Waals surface area contributed by atoms with Crippen molar-refractivity contribution in [3.63, 3.8) is 0 Å². The zero-order valence-electron chi connectivity index (χ0n) is 20.5. The van der Waals surface area contributed by atoms with E-state index in [1.54, 1.807) is 0 Å². The zero-order valence-corrected chi connectivity index (χ0v) is 21.3. The van der Waals surface area contributed by atoms with Crippen LogP contribution in [0.5, 0.6) is 0 Å². The van der Waals surface area contributed by atoms with Gasteiger partial charge in [0.15, 0.2) is 5.16 Å². The Hall–Kier alpha value is -2.80. The van der Waals surface area contributed by atoms with Crippen LogP contribution in [0.3, 0.4) is 0 Å². The van der Waals surface area contributed by atoms with Crippen LogP contribution < -0.4 is 5.32 Å². The van der Waals surface area contributed by atoms with E-state index in [9.17, 15) is 9.59 Å². The second-order valence-electron chi connectivity index (χ2n) is 9.51. The number of rotatable bonds is 7. The minimum Gasteiger partial charge on any atom is -0.336 e. The van der Waals surface area contributed by atoms with E-state index in [1.807, 2.05) is 58.0 Å². The largest absolute Gasteiger partial charge is 0.336 e. The number of carbonyl (C=O) groups is 2. The fourth-order valence-corrected chi connectivity index (χ4v) is 5.54. The van der Waals surface area contributed by atoms with Crippen LogP contribution in [0.4, 0.5) is 5.69 Å². The van der Waals surface area contributed by atoms with Crippen molar-refractivity contribution in [2.45, 2.75) is 76.7 Å². The van der Waals surface area contributed by atoms with Gasteiger partial charge in [0.25, 0.3) is 0 Å². The molecule has 3 aromatic rings. The van der Waals surface area contributed by atoms with Crippen molar-refractivity contribution in [2.75, 3.05) is 11.1 Å². The van der Waals surface area contributed by atoms with Crippen LogP contribution in [0.2, 0.25) is 0 Å². The lowest BCUT2D eigenvalue weighted by Gasteiger charge is -2.39. The first kappa shape index (κ1) is 24.3. The van der Waals surface area contributed by atoms with Crippen LogP contribution in [-0.2, 0) is 16.1 Å². The van der Waals surface area contributed by atoms with Gasteiger partial charge in [-0.25, -0.2) is 4.98 Å². The Morgan fingerprint density at radius 1 is 1.06 bits per heavy atom. The first-order valence-electron chi connectivity index (χ1n) is 12.1. The van der Waals surface area contributed by atoms with E-state index < -0.39 is 0 Å². The van der Waals surface area contributed by atoms with E-state index in [0.29, 0.717) is 11.1 Å². The number of nitrogens with zero attached hydrogens (tertiary/aromatic N) is 3. The predicted octanol–water partition coefficient (Wildman–Crippen LogP) is 5.68. The monoisotopic (exact) mass is 478 g/mol. The van der Waals surface area contributed by atoms with Crippen molar-refractivity contribution in [1.29, 1.82) is 0 Å². The molecule has 7 heteroatoms. The topological polar surface area (TPSA) is 67.2 Å². The molecule has 4 rings (SSSR count). The number of fused-ring (bicyclic) bond motifs is 1. The average Bonchev–Trinajstić information content (AvgIpc) is 3.15. The van der Waals surface area contributed by atoms with Gasteiger partial charge in [0, 0.05) is 17.8 Å². The lowest BCUT2D eigenvalue weighted by molar-refractivity contribution is -0.138. The SMILES string of the molecule is CC(C)c1ccc(NC(=O)CSc2nc3ccccc3n2CC(=O)N2C(C)CCCC2C)cc1. The number of para-hydroxylation sites is 2. The summed E-state index contributed by atoms with van der Waals surface area (Å²) in [5, 5.41) is 3.66. The Morgan fingerprint density at radius 2 is 1.74 bits per heavy atom. The highest BCUT2D eigenvalue weighted by Gasteiger charge is 2.29. The van der Waals surface area contributed by atoms with Crippen molar-refractivity contribution in [3.8, 4) is 0 Å². The highest BCUT2D eigenvalue weighted by molar-refractivity contribution is 7.99. The summed E-state index contributed by atoms with van der Waals surface area (Å²) in [6, 6.07) is 16.3. The minimum absolute atomic E-state index is 0.0921. The molecule has 180 valence electrons. The smallest absolute Gasteiger partial charge is 0.243 e. The molecule has 0 saturated carbocycles. The molecule has 2 aromatic carbocycles. The van der Waals surface area contributed by atoms with Gasteiger partial charge in [-0.3, -0.25) is 9.59 Å². The van der Waals surface area contributed by atoms with Gasteiger partial charge >= 0.3 is 0 Å². The molecule has 1 fully saturated rings. The molecule has 0 radical (unpaired) electrons. The van der Waals surface area contributed by atoms with E-state index in [4.69, 9.17) is 4.98 Å². The van der Waals surface area contributed by atoms with Crippen LogP contribution in [0.1, 0.15) is 58.4 Å². The van der Waals surface area contributed by atoms with Gasteiger partial charge < -0.3 is 14.8 Å². The molecule has 1 aromatic heterocycles. The number of thioether (sulfide) groups is 1. The summed E-state index contributed by atoms with van der Waals surface area (Å²) in [6.45, 7) is 8.79. The highest BCUT2D eigenvalue weighted by Crippen LogP contribution is 2.27. The summed E-state index contributed by atoms with van der Waals surface area (Å²) in [5.41, 5.74) is 3.78. The molecular formula is C27H34N4O2S. The summed E-state index contributed by atoms with van der Waals surface area (Å²) in [7, 11) is 0. The summed E-state index contributed by atoms with van der Waals surface area (Å²) >= 11 is 1.37. The first-order chi connectivity index (χ1) is 16.3. The molecule has 0 spiro atoms. The molecule has 1 aliphatic rings. The number of nitrogens with one attached hydrogen (secondary N) is 1. The fourth-order valence-electron chi connectivity index (χ4n) is 4.72. The molecule has 1 N–H and O–H groups in total. The number of aromatic nitrogens is 2. The van der Waals surface area contributed by atoms with Crippen LogP contribution >= 0.6 is 11.8 Å². The van der Waals surface area contributed by atoms with E-state index in [2.05, 4.69) is 33.0 Å². The van der Waals surface area contributed by atoms with Crippen molar-refractivity contribution < 1.29 is 9.59 Å². The van der Waals surface area contributed by atoms with Crippen LogP contribution in [-0.4, -0.2) is 44.1 Å². The van der Waals surface area contributed by atoms with Gasteiger partial charge in [0.2, 0.25) is 11.8 Å². The van der Waals surface area contributed by atoms with Crippen molar-refractivity contribution >= 4 is 40.3 Å². The highest BCUT2D eigenvalue weighted by atomic mass is 32.2. The van der Waals surface area contributed by atoms with Gasteiger partial charge in [0.05, 0.1) is 16.8 Å². The third-order valence-electron chi connectivity index (χ3n) is 6.59. The summed E-state index contributed by atoms with van der Waals surface area (Å²) < 4.78 is 1.96. The second-order valence-corrected chi connectivity index (χ2v) is 10.5. The number of likely N-dealkylation sites (tertiary alicyclic amines) is 1. The molecule has 1 saturated heterocycles. The Labute approximate surface area is 206 Å². The molecule has 2 atom stereocenters. The number of piperidine rings is 1. The van der Waals surface area contributed by atoms with Crippen LogP contribution in [0.15, 0.2) is 53.7 Å². The molecular weight excluding hydrogens is 444 g/mol. The summed E-state index contributed by atoms with van der Waals surface area (Å²) in [5.74, 6) is 0.691. The molecule has 2 amide bonds. The molecule has 2 unspecified atom stereocenters. The van der Waals surface area contributed by atoms with E-state index in [-0.39, 0.29) is 36.2 Å². The third kappa shape index (κ3) is 5.46. The number of amides is 2. The Kier molecular flexibility index (Phi) is 7.61. The lowest BCUT2D eigenvalue weighted by atomic mass is 9.97. The fraction of sp³-hybridized carbons (Fsp3) is 0.444. The quantitative estimate of drug-likeness (QED) is 0.444. The Bertz CT molecular complexity index is 1150. The van der Waals surface area contributed by atoms with Crippen LogP contribution in [0, 0.1) is 0 Å². The molecule has 34 heavy (non-hydrogen) atoms. The second kappa shape index (κ2) is 10.6. The Balaban J connectivity index is 1.47. The normalized spacial score (nSPS) is 18.4. The predicted molar refractivity (Wildman–Crippen MR) is 139 cm³/mol. The third-order valence-corrected chi connectivity index (χ3v) is 7.56. The van der Waals surface area contributed by atoms with Gasteiger partial charge in [-0.15, -0.1) is 0 Å². The summed E-state index contributed by atoms with van der Waals surface area (Å²) in [4.78, 5) is 32.7. The van der Waals surface area contributed by atoms with E-state index in [1.165, 1.54) is 17.3 Å². The number of carbonyl (C=O) groups excluding carboxylic acids is 2. The minimum atomic E-state index is -0.0921. The molecule has 1 aliphatic heterocycles. The van der Waals surface area contributed by atoms with Gasteiger partial charge in [0.1, 0.15) is 6.54 Å². The molecule has 0 aliphatic carbocycles. The maximum Gasteiger partial charge on any atom is 0.243 e. The van der Waals surface area contributed by atoms with Crippen molar-refractivity contribution in [2.24, 2.45) is 0 Å². The molecule has 6 nitrogen and oxygen atoms in total. The number of hydrogen-bond donors (Lipinski definition) is 1. The Morgan fingerprint density at radius 3 is 2.41 bits per heavy atom. The first-order valence-corrected chi connectivity index (χ1v) is 13.1. The molecule has 2 heterocycles. The number of hydrogen-bond acceptors (Lipinski definition) is 4. The zero-order chi connectivity index (χ0) is 24.2. The van der Waals surface area contributed by atoms with Gasteiger partial charge in [-0.1, -0.05) is 49.9 Å². The maximum atomic E-state index is 13.3. The van der Waals surface area contributed by atoms with Gasteiger partial charge in [-0.05, 0) is 68.9 Å². The number of anilines is 1. The van der Waals surface area contributed by atoms with Crippen LogP contribution in [0.25, 0.3) is 11.0 Å². The van der Waals surface area contributed by atoms with Crippen molar-refractivity contribution in [3.05, 3.63) is 54.1 Å². The van der Waals surface area contributed by atoms with E-state index >= 15 is 0 Å². The summed E-state index contributed by atoms with van der Waals surface area (Å²) in [6.07, 6.45) is 3.25. The standard InChI is InChI=1S/C27H34N4O2S/c1-18(2)21-12-14-22(15-13-21)28-25(32)17-34-27-29-23-10-5-6-11-24(23)30(27)16-26(33)31-19(3)8-7-9-20(31)4/h5-6,10-15,18-20H,7-9,16-17H2,1-4H3,(H,28,32). The van der Waals surface area contributed by atoms with E-state index in [0.717, 1.165) is 36.0 Å². The van der Waals surface area contributed by atoms with Crippen molar-refractivity contribution in [1.82, 2.24) is 14.5 Å². The average molecular weight is 479 g/mol. The molecule has 0 bridgehead atoms. The number of imidazole rings is 1.